The van der Waals surface area contributed by atoms with Crippen LogP contribution in [0.3, 0.4) is 0 Å². The van der Waals surface area contributed by atoms with Gasteiger partial charge in [0, 0.05) is 5.92 Å². The lowest BCUT2D eigenvalue weighted by molar-refractivity contribution is -0.123. The van der Waals surface area contributed by atoms with E-state index in [0.717, 1.165) is 16.0 Å². The number of imide groups is 1. The number of benzene rings is 2. The van der Waals surface area contributed by atoms with Gasteiger partial charge in [0.15, 0.2) is 0 Å². The van der Waals surface area contributed by atoms with Crippen LogP contribution in [0.1, 0.15) is 38.2 Å². The number of aromatic hydroxyl groups is 1. The molecule has 0 aromatic heterocycles. The van der Waals surface area contributed by atoms with Crippen molar-refractivity contribution in [1.82, 2.24) is 0 Å². The van der Waals surface area contributed by atoms with Gasteiger partial charge in [-0.05, 0) is 72.1 Å². The van der Waals surface area contributed by atoms with Crippen LogP contribution in [0.5, 0.6) is 5.75 Å². The van der Waals surface area contributed by atoms with E-state index in [2.05, 4.69) is 0 Å². The minimum atomic E-state index is -1.77. The number of carbonyl (C=O) groups excluding carboxylic acids is 2. The Morgan fingerprint density at radius 3 is 2.49 bits per heavy atom. The van der Waals surface area contributed by atoms with Gasteiger partial charge in [0.25, 0.3) is 0 Å². The second kappa shape index (κ2) is 12.3. The van der Waals surface area contributed by atoms with Gasteiger partial charge >= 0.3 is 7.12 Å². The van der Waals surface area contributed by atoms with E-state index in [1.807, 2.05) is 19.1 Å². The van der Waals surface area contributed by atoms with E-state index in [1.54, 1.807) is 18.2 Å². The number of aliphatic hydroxyl groups excluding tert-OH is 3. The Kier molecular flexibility index (Phi) is 9.04. The van der Waals surface area contributed by atoms with Gasteiger partial charge in [-0.25, -0.2) is 0 Å². The molecule has 0 spiro atoms. The Labute approximate surface area is 227 Å². The van der Waals surface area contributed by atoms with E-state index < -0.39 is 56.0 Å². The zero-order valence-electron chi connectivity index (χ0n) is 21.8. The maximum atomic E-state index is 13.6. The number of hydrogen-bond acceptors (Lipinski definition) is 8. The summed E-state index contributed by atoms with van der Waals surface area (Å²) in [5.74, 6) is -3.45. The molecule has 2 aliphatic rings. The third-order valence-corrected chi connectivity index (χ3v) is 7.79. The summed E-state index contributed by atoms with van der Waals surface area (Å²) >= 11 is 0. The van der Waals surface area contributed by atoms with Crippen molar-refractivity contribution in [3.05, 3.63) is 70.8 Å². The van der Waals surface area contributed by atoms with E-state index >= 15 is 0 Å². The Morgan fingerprint density at radius 2 is 1.85 bits per heavy atom. The van der Waals surface area contributed by atoms with E-state index in [0.29, 0.717) is 24.0 Å². The molecular formula is C29H34BNO8. The van der Waals surface area contributed by atoms with Gasteiger partial charge in [0.2, 0.25) is 11.8 Å². The summed E-state index contributed by atoms with van der Waals surface area (Å²) in [6.07, 6.45) is 2.49. The quantitative estimate of drug-likeness (QED) is 0.150. The molecule has 2 aromatic rings. The molecule has 9 nitrogen and oxygen atoms in total. The molecule has 2 aromatic carbocycles. The fraction of sp³-hybridized carbons (Fsp3) is 0.379. The smallest absolute Gasteiger partial charge is 0.488 e. The molecule has 39 heavy (non-hydrogen) atoms. The Morgan fingerprint density at radius 1 is 1.10 bits per heavy atom. The normalized spacial score (nSPS) is 22.4. The second-order valence-corrected chi connectivity index (χ2v) is 10.1. The SMILES string of the molecule is CC/C(=C\c1cccc(O)c1)CC[C@@H](O)C1=C(CO)C[C@H]2C(=O)N(c3cccc(B(O)O)c3)C(=O)[C@H]2[C@H]1CO. The number of anilines is 1. The Balaban J connectivity index is 1.59. The minimum absolute atomic E-state index is 0.0766. The summed E-state index contributed by atoms with van der Waals surface area (Å²) in [5.41, 5.74) is 3.02. The number of fused-ring (bicyclic) bond motifs is 1. The molecule has 4 rings (SSSR count). The van der Waals surface area contributed by atoms with Crippen LogP contribution >= 0.6 is 0 Å². The lowest BCUT2D eigenvalue weighted by Gasteiger charge is -2.36. The summed E-state index contributed by atoms with van der Waals surface area (Å²) < 4.78 is 0. The van der Waals surface area contributed by atoms with Gasteiger partial charge < -0.3 is 30.5 Å². The molecule has 1 heterocycles. The number of amides is 2. The number of nitrogens with zero attached hydrogens (tertiary/aromatic N) is 1. The number of phenolic OH excluding ortho intramolecular Hbond substituents is 1. The summed E-state index contributed by atoms with van der Waals surface area (Å²) in [4.78, 5) is 28.0. The number of carbonyl (C=O) groups is 2. The summed E-state index contributed by atoms with van der Waals surface area (Å²) in [6, 6.07) is 12.7. The first kappa shape index (κ1) is 28.7. The van der Waals surface area contributed by atoms with Crippen molar-refractivity contribution in [1.29, 1.82) is 0 Å². The molecule has 6 N–H and O–H groups in total. The Hall–Kier alpha value is -3.28. The summed E-state index contributed by atoms with van der Waals surface area (Å²) in [5, 5.41) is 60.6. The molecule has 10 heteroatoms. The lowest BCUT2D eigenvalue weighted by atomic mass is 9.68. The van der Waals surface area contributed by atoms with Gasteiger partial charge in [0.1, 0.15) is 5.75 Å². The van der Waals surface area contributed by atoms with Crippen LogP contribution in [0.4, 0.5) is 5.69 Å². The van der Waals surface area contributed by atoms with E-state index in [1.165, 1.54) is 24.3 Å². The van der Waals surface area contributed by atoms with Crippen molar-refractivity contribution in [2.24, 2.45) is 17.8 Å². The molecule has 2 amide bonds. The number of rotatable bonds is 10. The third kappa shape index (κ3) is 5.85. The van der Waals surface area contributed by atoms with Crippen LogP contribution in [-0.4, -0.2) is 68.7 Å². The van der Waals surface area contributed by atoms with Crippen molar-refractivity contribution in [2.45, 2.75) is 38.7 Å². The molecule has 1 aliphatic carbocycles. The van der Waals surface area contributed by atoms with Crippen LogP contribution in [0, 0.1) is 17.8 Å². The highest BCUT2D eigenvalue weighted by molar-refractivity contribution is 6.58. The van der Waals surface area contributed by atoms with Gasteiger partial charge in [0.05, 0.1) is 36.8 Å². The standard InChI is InChI=1S/C29H34BNO8/c1-2-17(11-18-5-3-8-22(34)12-18)9-10-25(35)26-19(15-32)13-23-27(24(26)16-33)29(37)31(28(23)36)21-7-4-6-20(14-21)30(38)39/h3-8,11-12,14,23-25,27,32-35,38-39H,2,9-10,13,15-16H2,1H3/b17-11+/t23-,24+,25-,27-/m1/s1. The zero-order valence-corrected chi connectivity index (χ0v) is 21.8. The van der Waals surface area contributed by atoms with Crippen molar-refractivity contribution < 1.29 is 40.1 Å². The van der Waals surface area contributed by atoms with Gasteiger partial charge in [-0.2, -0.15) is 0 Å². The van der Waals surface area contributed by atoms with E-state index in [-0.39, 0.29) is 29.7 Å². The van der Waals surface area contributed by atoms with Crippen molar-refractivity contribution >= 4 is 36.2 Å². The second-order valence-electron chi connectivity index (χ2n) is 10.1. The predicted molar refractivity (Wildman–Crippen MR) is 147 cm³/mol. The van der Waals surface area contributed by atoms with Crippen molar-refractivity contribution in [3.63, 3.8) is 0 Å². The van der Waals surface area contributed by atoms with Crippen LogP contribution < -0.4 is 10.4 Å². The Bertz CT molecular complexity index is 1290. The first-order valence-electron chi connectivity index (χ1n) is 13.1. The molecule has 206 valence electrons. The van der Waals surface area contributed by atoms with E-state index in [4.69, 9.17) is 0 Å². The monoisotopic (exact) mass is 535 g/mol. The highest BCUT2D eigenvalue weighted by atomic mass is 16.4. The van der Waals surface area contributed by atoms with Crippen molar-refractivity contribution in [3.8, 4) is 5.75 Å². The fourth-order valence-electron chi connectivity index (χ4n) is 5.86. The largest absolute Gasteiger partial charge is 0.508 e. The number of phenols is 1. The van der Waals surface area contributed by atoms with Crippen LogP contribution in [0.15, 0.2) is 65.3 Å². The average Bonchev–Trinajstić information content (AvgIpc) is 3.18. The van der Waals surface area contributed by atoms with Crippen LogP contribution in [-0.2, 0) is 9.59 Å². The number of hydrogen-bond donors (Lipinski definition) is 6. The number of allylic oxidation sites excluding steroid dienone is 1. The third-order valence-electron chi connectivity index (χ3n) is 7.79. The zero-order chi connectivity index (χ0) is 28.3. The molecule has 1 aliphatic heterocycles. The molecule has 1 saturated heterocycles. The topological polar surface area (TPSA) is 159 Å². The molecule has 0 radical (unpaired) electrons. The maximum Gasteiger partial charge on any atom is 0.488 e. The highest BCUT2D eigenvalue weighted by Crippen LogP contribution is 2.47. The molecule has 1 fully saturated rings. The lowest BCUT2D eigenvalue weighted by Crippen LogP contribution is -2.39. The van der Waals surface area contributed by atoms with Crippen LogP contribution in [0.25, 0.3) is 6.08 Å². The van der Waals surface area contributed by atoms with Crippen molar-refractivity contribution in [2.75, 3.05) is 18.1 Å². The highest BCUT2D eigenvalue weighted by Gasteiger charge is 2.55. The van der Waals surface area contributed by atoms with Crippen LogP contribution in [0.2, 0.25) is 0 Å². The molecular weight excluding hydrogens is 501 g/mol. The van der Waals surface area contributed by atoms with E-state index in [9.17, 15) is 40.1 Å². The average molecular weight is 535 g/mol. The number of aliphatic hydroxyl groups is 3. The molecule has 0 bridgehead atoms. The first-order chi connectivity index (χ1) is 18.7. The van der Waals surface area contributed by atoms with Gasteiger partial charge in [-0.15, -0.1) is 0 Å². The molecule has 0 saturated carbocycles. The minimum Gasteiger partial charge on any atom is -0.508 e. The summed E-state index contributed by atoms with van der Waals surface area (Å²) in [6.45, 7) is 1.09. The maximum absolute atomic E-state index is 13.6. The predicted octanol–water partition coefficient (Wildman–Crippen LogP) is 1.11. The molecule has 0 unspecified atom stereocenters. The van der Waals surface area contributed by atoms with Gasteiger partial charge in [-0.1, -0.05) is 42.8 Å². The summed E-state index contributed by atoms with van der Waals surface area (Å²) in [7, 11) is -1.77. The first-order valence-corrected chi connectivity index (χ1v) is 13.1. The molecule has 4 atom stereocenters. The fourth-order valence-corrected chi connectivity index (χ4v) is 5.86. The van der Waals surface area contributed by atoms with Gasteiger partial charge in [-0.3, -0.25) is 14.5 Å².